The SMILES string of the molecule is OCCOCCOCCOc1ccc(-c2ccc(OCCCCl)cc2)cc1. The lowest BCUT2D eigenvalue weighted by atomic mass is 10.1. The molecule has 2 aromatic carbocycles. The van der Waals surface area contributed by atoms with E-state index in [0.29, 0.717) is 45.5 Å². The molecule has 5 nitrogen and oxygen atoms in total. The Morgan fingerprint density at radius 3 is 1.63 bits per heavy atom. The molecule has 0 aliphatic rings. The van der Waals surface area contributed by atoms with Crippen molar-refractivity contribution in [1.82, 2.24) is 0 Å². The first kappa shape index (κ1) is 21.5. The largest absolute Gasteiger partial charge is 0.494 e. The minimum Gasteiger partial charge on any atom is -0.494 e. The van der Waals surface area contributed by atoms with E-state index < -0.39 is 0 Å². The number of aliphatic hydroxyl groups is 1. The average Bonchev–Trinajstić information content (AvgIpc) is 2.71. The zero-order valence-corrected chi connectivity index (χ0v) is 16.2. The molecule has 0 spiro atoms. The predicted octanol–water partition coefficient (Wildman–Crippen LogP) is 3.77. The van der Waals surface area contributed by atoms with Gasteiger partial charge >= 0.3 is 0 Å². The summed E-state index contributed by atoms with van der Waals surface area (Å²) in [6.07, 6.45) is 0.841. The molecule has 0 saturated carbocycles. The molecule has 0 unspecified atom stereocenters. The molecule has 0 aliphatic heterocycles. The van der Waals surface area contributed by atoms with E-state index in [0.717, 1.165) is 29.0 Å². The van der Waals surface area contributed by atoms with Crippen molar-refractivity contribution in [2.24, 2.45) is 0 Å². The van der Waals surface area contributed by atoms with Crippen molar-refractivity contribution in [3.63, 3.8) is 0 Å². The van der Waals surface area contributed by atoms with Crippen molar-refractivity contribution in [2.75, 3.05) is 52.1 Å². The Labute approximate surface area is 165 Å². The Balaban J connectivity index is 1.70. The number of benzene rings is 2. The van der Waals surface area contributed by atoms with Gasteiger partial charge in [0.15, 0.2) is 0 Å². The van der Waals surface area contributed by atoms with Gasteiger partial charge < -0.3 is 24.1 Å². The molecule has 2 aromatic rings. The molecule has 0 bridgehead atoms. The summed E-state index contributed by atoms with van der Waals surface area (Å²) in [5, 5.41) is 8.58. The molecule has 0 radical (unpaired) electrons. The molecule has 0 heterocycles. The molecule has 0 aromatic heterocycles. The van der Waals surface area contributed by atoms with Gasteiger partial charge in [0.1, 0.15) is 18.1 Å². The van der Waals surface area contributed by atoms with Gasteiger partial charge in [0, 0.05) is 5.88 Å². The van der Waals surface area contributed by atoms with Gasteiger partial charge in [-0.3, -0.25) is 0 Å². The summed E-state index contributed by atoms with van der Waals surface area (Å²) in [5.41, 5.74) is 2.24. The van der Waals surface area contributed by atoms with Crippen LogP contribution in [-0.4, -0.2) is 57.2 Å². The van der Waals surface area contributed by atoms with Crippen LogP contribution in [0.25, 0.3) is 11.1 Å². The Bertz CT molecular complexity index is 615. The second kappa shape index (κ2) is 13.4. The van der Waals surface area contributed by atoms with E-state index in [2.05, 4.69) is 0 Å². The summed E-state index contributed by atoms with van der Waals surface area (Å²) in [6.45, 7) is 2.96. The molecule has 0 atom stereocenters. The summed E-state index contributed by atoms with van der Waals surface area (Å²) >= 11 is 5.65. The molecule has 27 heavy (non-hydrogen) atoms. The third-order valence-electron chi connectivity index (χ3n) is 3.69. The van der Waals surface area contributed by atoms with Crippen LogP contribution in [0.1, 0.15) is 6.42 Å². The van der Waals surface area contributed by atoms with E-state index in [1.54, 1.807) is 0 Å². The van der Waals surface area contributed by atoms with Crippen molar-refractivity contribution in [3.05, 3.63) is 48.5 Å². The van der Waals surface area contributed by atoms with Crippen LogP contribution in [0.3, 0.4) is 0 Å². The number of rotatable bonds is 14. The number of halogens is 1. The zero-order valence-electron chi connectivity index (χ0n) is 15.4. The quantitative estimate of drug-likeness (QED) is 0.390. The molecule has 6 heteroatoms. The Hall–Kier alpha value is -1.79. The third-order valence-corrected chi connectivity index (χ3v) is 3.96. The lowest BCUT2D eigenvalue weighted by molar-refractivity contribution is 0.0247. The Kier molecular flexibility index (Phi) is 10.7. The summed E-state index contributed by atoms with van der Waals surface area (Å²) < 4.78 is 21.8. The zero-order chi connectivity index (χ0) is 19.2. The maximum atomic E-state index is 8.58. The molecule has 0 amide bonds. The molecular weight excluding hydrogens is 368 g/mol. The number of ether oxygens (including phenoxy) is 4. The third kappa shape index (κ3) is 8.63. The molecule has 1 N–H and O–H groups in total. The smallest absolute Gasteiger partial charge is 0.119 e. The normalized spacial score (nSPS) is 10.7. The van der Waals surface area contributed by atoms with Crippen LogP contribution in [0.4, 0.5) is 0 Å². The first-order chi connectivity index (χ1) is 13.3. The highest BCUT2D eigenvalue weighted by molar-refractivity contribution is 6.17. The van der Waals surface area contributed by atoms with E-state index >= 15 is 0 Å². The monoisotopic (exact) mass is 394 g/mol. The van der Waals surface area contributed by atoms with E-state index in [-0.39, 0.29) is 6.61 Å². The summed E-state index contributed by atoms with van der Waals surface area (Å²) in [7, 11) is 0. The lowest BCUT2D eigenvalue weighted by Gasteiger charge is -2.09. The first-order valence-corrected chi connectivity index (χ1v) is 9.65. The maximum absolute atomic E-state index is 8.58. The topological polar surface area (TPSA) is 57.2 Å². The molecule has 0 saturated heterocycles. The van der Waals surface area contributed by atoms with Gasteiger partial charge in [0.25, 0.3) is 0 Å². The second-order valence-corrected chi connectivity index (χ2v) is 6.11. The Morgan fingerprint density at radius 2 is 1.11 bits per heavy atom. The van der Waals surface area contributed by atoms with Gasteiger partial charge in [-0.2, -0.15) is 0 Å². The van der Waals surface area contributed by atoms with Crippen molar-refractivity contribution >= 4 is 11.6 Å². The minimum atomic E-state index is 0.0333. The van der Waals surface area contributed by atoms with Gasteiger partial charge in [-0.25, -0.2) is 0 Å². The summed E-state index contributed by atoms with van der Waals surface area (Å²) in [4.78, 5) is 0. The molecule has 148 valence electrons. The second-order valence-electron chi connectivity index (χ2n) is 5.74. The van der Waals surface area contributed by atoms with E-state index in [9.17, 15) is 0 Å². The highest BCUT2D eigenvalue weighted by Crippen LogP contribution is 2.24. The maximum Gasteiger partial charge on any atom is 0.119 e. The van der Waals surface area contributed by atoms with Gasteiger partial charge in [0.2, 0.25) is 0 Å². The van der Waals surface area contributed by atoms with Crippen LogP contribution in [0.2, 0.25) is 0 Å². The van der Waals surface area contributed by atoms with E-state index in [1.165, 1.54) is 0 Å². The van der Waals surface area contributed by atoms with Crippen LogP contribution in [0.5, 0.6) is 11.5 Å². The van der Waals surface area contributed by atoms with Crippen LogP contribution in [0.15, 0.2) is 48.5 Å². The standard InChI is InChI=1S/C21H27ClO5/c22-10-1-12-26-20-6-2-18(3-7-20)19-4-8-21(9-5-19)27-17-16-25-15-14-24-13-11-23/h2-9,23H,1,10-17H2. The van der Waals surface area contributed by atoms with Crippen molar-refractivity contribution in [1.29, 1.82) is 0 Å². The van der Waals surface area contributed by atoms with Crippen LogP contribution in [-0.2, 0) is 9.47 Å². The predicted molar refractivity (Wildman–Crippen MR) is 107 cm³/mol. The van der Waals surface area contributed by atoms with Gasteiger partial charge in [-0.1, -0.05) is 24.3 Å². The van der Waals surface area contributed by atoms with Crippen LogP contribution in [0, 0.1) is 0 Å². The lowest BCUT2D eigenvalue weighted by Crippen LogP contribution is -2.11. The van der Waals surface area contributed by atoms with Gasteiger partial charge in [-0.15, -0.1) is 11.6 Å². The summed E-state index contributed by atoms with van der Waals surface area (Å²) in [5.74, 6) is 2.27. The fraction of sp³-hybridized carbons (Fsp3) is 0.429. The summed E-state index contributed by atoms with van der Waals surface area (Å²) in [6, 6.07) is 16.0. The van der Waals surface area contributed by atoms with E-state index in [1.807, 2.05) is 48.5 Å². The number of hydrogen-bond donors (Lipinski definition) is 1. The molecule has 0 fully saturated rings. The minimum absolute atomic E-state index is 0.0333. The number of hydrogen-bond acceptors (Lipinski definition) is 5. The fourth-order valence-corrected chi connectivity index (χ4v) is 2.45. The Morgan fingerprint density at radius 1 is 0.630 bits per heavy atom. The van der Waals surface area contributed by atoms with Crippen molar-refractivity contribution < 1.29 is 24.1 Å². The average molecular weight is 395 g/mol. The highest BCUT2D eigenvalue weighted by Gasteiger charge is 2.01. The number of alkyl halides is 1. The van der Waals surface area contributed by atoms with Gasteiger partial charge in [0.05, 0.1) is 39.6 Å². The first-order valence-electron chi connectivity index (χ1n) is 9.12. The van der Waals surface area contributed by atoms with E-state index in [4.69, 9.17) is 35.7 Å². The fourth-order valence-electron chi connectivity index (χ4n) is 2.34. The van der Waals surface area contributed by atoms with Gasteiger partial charge in [-0.05, 0) is 41.8 Å². The van der Waals surface area contributed by atoms with Crippen molar-refractivity contribution in [2.45, 2.75) is 6.42 Å². The van der Waals surface area contributed by atoms with Crippen LogP contribution < -0.4 is 9.47 Å². The van der Waals surface area contributed by atoms with Crippen molar-refractivity contribution in [3.8, 4) is 22.6 Å². The molecule has 2 rings (SSSR count). The molecule has 0 aliphatic carbocycles. The number of aliphatic hydroxyl groups excluding tert-OH is 1. The highest BCUT2D eigenvalue weighted by atomic mass is 35.5. The molecular formula is C21H27ClO5. The van der Waals surface area contributed by atoms with Crippen LogP contribution >= 0.6 is 11.6 Å².